The van der Waals surface area contributed by atoms with Crippen LogP contribution in [0.5, 0.6) is 5.75 Å². The average Bonchev–Trinajstić information content (AvgIpc) is 3.04. The number of fused-ring (bicyclic) bond motifs is 2. The van der Waals surface area contributed by atoms with Gasteiger partial charge in [-0.1, -0.05) is 18.6 Å². The van der Waals surface area contributed by atoms with Crippen molar-refractivity contribution in [2.45, 2.75) is 52.2 Å². The van der Waals surface area contributed by atoms with Gasteiger partial charge < -0.3 is 19.9 Å². The highest BCUT2D eigenvalue weighted by Gasteiger charge is 2.37. The molecule has 0 radical (unpaired) electrons. The molecule has 0 aromatic heterocycles. The smallest absolute Gasteiger partial charge is 0.257 e. The highest BCUT2D eigenvalue weighted by atomic mass is 16.5. The summed E-state index contributed by atoms with van der Waals surface area (Å²) in [6.45, 7) is 6.70. The van der Waals surface area contributed by atoms with Crippen molar-refractivity contribution < 1.29 is 14.3 Å². The Hall–Kier alpha value is -3.02. The van der Waals surface area contributed by atoms with Crippen molar-refractivity contribution in [2.24, 2.45) is 0 Å². The van der Waals surface area contributed by atoms with Crippen LogP contribution in [0, 0.1) is 0 Å². The van der Waals surface area contributed by atoms with E-state index in [2.05, 4.69) is 17.1 Å². The number of hydrogen-bond acceptors (Lipinski definition) is 4. The van der Waals surface area contributed by atoms with Gasteiger partial charge in [-0.25, -0.2) is 0 Å². The van der Waals surface area contributed by atoms with E-state index in [4.69, 9.17) is 4.74 Å². The van der Waals surface area contributed by atoms with Gasteiger partial charge in [0.1, 0.15) is 11.9 Å². The molecule has 1 fully saturated rings. The second-order valence-electron chi connectivity index (χ2n) is 8.11. The molecule has 6 heteroatoms. The minimum absolute atomic E-state index is 0.0892. The minimum Gasteiger partial charge on any atom is -0.494 e. The van der Waals surface area contributed by atoms with Gasteiger partial charge in [-0.3, -0.25) is 9.59 Å². The lowest BCUT2D eigenvalue weighted by Crippen LogP contribution is -2.55. The number of carbonyl (C=O) groups is 2. The highest BCUT2D eigenvalue weighted by molar-refractivity contribution is 6.04. The number of anilines is 1. The molecule has 6 nitrogen and oxygen atoms in total. The van der Waals surface area contributed by atoms with Gasteiger partial charge >= 0.3 is 0 Å². The zero-order chi connectivity index (χ0) is 21.8. The molecule has 2 amide bonds. The number of hydrogen-bond donors (Lipinski definition) is 1. The molecule has 2 aliphatic rings. The first-order valence-corrected chi connectivity index (χ1v) is 11.3. The average molecular weight is 422 g/mol. The Bertz CT molecular complexity index is 959. The number of rotatable bonds is 6. The molecule has 4 rings (SSSR count). The summed E-state index contributed by atoms with van der Waals surface area (Å²) >= 11 is 0. The van der Waals surface area contributed by atoms with Crippen LogP contribution < -0.4 is 15.0 Å². The Morgan fingerprint density at radius 1 is 1.13 bits per heavy atom. The quantitative estimate of drug-likeness (QED) is 0.759. The monoisotopic (exact) mass is 421 g/mol. The zero-order valence-electron chi connectivity index (χ0n) is 18.4. The van der Waals surface area contributed by atoms with Crippen LogP contribution in [-0.2, 0) is 6.54 Å². The molecule has 2 aromatic carbocycles. The molecule has 1 saturated heterocycles. The van der Waals surface area contributed by atoms with E-state index in [-0.39, 0.29) is 18.0 Å². The number of carbonyl (C=O) groups excluding carboxylic acids is 2. The Kier molecular flexibility index (Phi) is 6.44. The summed E-state index contributed by atoms with van der Waals surface area (Å²) < 4.78 is 5.53. The van der Waals surface area contributed by atoms with Gasteiger partial charge in [-0.05, 0) is 69.0 Å². The molecule has 31 heavy (non-hydrogen) atoms. The molecule has 2 aromatic rings. The lowest BCUT2D eigenvalue weighted by molar-refractivity contribution is 0.0656. The molecule has 1 atom stereocenters. The van der Waals surface area contributed by atoms with Crippen molar-refractivity contribution in [3.8, 4) is 5.75 Å². The number of nitrogens with zero attached hydrogens (tertiary/aromatic N) is 2. The standard InChI is InChI=1S/C25H31N3O3/c1-3-27-22-16-19(24(29)26-17-18-9-8-10-20(15-18)31-4-2)12-13-21(22)25(30)28-14-7-5-6-11-23(27)28/h8-10,12-13,15-16,23H,3-7,11,14,17H2,1-2H3,(H,26,29). The van der Waals surface area contributed by atoms with E-state index in [0.29, 0.717) is 24.3 Å². The zero-order valence-corrected chi connectivity index (χ0v) is 18.4. The Morgan fingerprint density at radius 2 is 2.00 bits per heavy atom. The number of benzene rings is 2. The second kappa shape index (κ2) is 9.41. The molecule has 2 heterocycles. The van der Waals surface area contributed by atoms with Crippen LogP contribution in [0.15, 0.2) is 42.5 Å². The predicted octanol–water partition coefficient (Wildman–Crippen LogP) is 4.20. The highest BCUT2D eigenvalue weighted by Crippen LogP contribution is 2.35. The summed E-state index contributed by atoms with van der Waals surface area (Å²) in [5.41, 5.74) is 3.13. The molecule has 0 saturated carbocycles. The van der Waals surface area contributed by atoms with Gasteiger partial charge in [-0.2, -0.15) is 0 Å². The van der Waals surface area contributed by atoms with E-state index >= 15 is 0 Å². The summed E-state index contributed by atoms with van der Waals surface area (Å²) in [5, 5.41) is 2.99. The van der Waals surface area contributed by atoms with Crippen LogP contribution in [0.3, 0.4) is 0 Å². The topological polar surface area (TPSA) is 61.9 Å². The van der Waals surface area contributed by atoms with E-state index < -0.39 is 0 Å². The fourth-order valence-corrected chi connectivity index (χ4v) is 4.64. The van der Waals surface area contributed by atoms with Crippen LogP contribution >= 0.6 is 0 Å². The van der Waals surface area contributed by atoms with Crippen LogP contribution in [0.1, 0.15) is 65.8 Å². The maximum atomic E-state index is 13.1. The summed E-state index contributed by atoms with van der Waals surface area (Å²) in [6, 6.07) is 13.2. The molecular weight excluding hydrogens is 390 g/mol. The Balaban J connectivity index is 1.53. The van der Waals surface area contributed by atoms with Crippen molar-refractivity contribution in [1.82, 2.24) is 10.2 Å². The summed E-state index contributed by atoms with van der Waals surface area (Å²) in [5.74, 6) is 0.746. The SMILES string of the molecule is CCOc1cccc(CNC(=O)c2ccc3c(c2)N(CC)C2CCCCCN2C3=O)c1. The Morgan fingerprint density at radius 3 is 2.81 bits per heavy atom. The Labute approximate surface area is 184 Å². The van der Waals surface area contributed by atoms with Crippen LogP contribution in [0.25, 0.3) is 0 Å². The maximum absolute atomic E-state index is 13.1. The first-order valence-electron chi connectivity index (χ1n) is 11.3. The number of ether oxygens (including phenoxy) is 1. The summed E-state index contributed by atoms with van der Waals surface area (Å²) in [6.07, 6.45) is 4.41. The third-order valence-corrected chi connectivity index (χ3v) is 6.14. The van der Waals surface area contributed by atoms with Gasteiger partial charge in [0, 0.05) is 25.2 Å². The molecule has 0 bridgehead atoms. The van der Waals surface area contributed by atoms with E-state index in [9.17, 15) is 9.59 Å². The molecule has 1 N–H and O–H groups in total. The van der Waals surface area contributed by atoms with Crippen LogP contribution in [-0.4, -0.2) is 42.6 Å². The minimum atomic E-state index is -0.142. The second-order valence-corrected chi connectivity index (χ2v) is 8.11. The molecule has 0 aliphatic carbocycles. The normalized spacial score (nSPS) is 18.1. The van der Waals surface area contributed by atoms with E-state index in [1.165, 1.54) is 0 Å². The maximum Gasteiger partial charge on any atom is 0.257 e. The van der Waals surface area contributed by atoms with Gasteiger partial charge in [-0.15, -0.1) is 0 Å². The fraction of sp³-hybridized carbons (Fsp3) is 0.440. The van der Waals surface area contributed by atoms with Gasteiger partial charge in [0.2, 0.25) is 0 Å². The predicted molar refractivity (Wildman–Crippen MR) is 122 cm³/mol. The van der Waals surface area contributed by atoms with E-state index in [0.717, 1.165) is 55.8 Å². The molecule has 2 aliphatic heterocycles. The van der Waals surface area contributed by atoms with Crippen LogP contribution in [0.4, 0.5) is 5.69 Å². The van der Waals surface area contributed by atoms with Crippen molar-refractivity contribution in [1.29, 1.82) is 0 Å². The van der Waals surface area contributed by atoms with Gasteiger partial charge in [0.25, 0.3) is 11.8 Å². The number of amides is 2. The van der Waals surface area contributed by atoms with Gasteiger partial charge in [0.05, 0.1) is 17.9 Å². The number of nitrogens with one attached hydrogen (secondary N) is 1. The van der Waals surface area contributed by atoms with Gasteiger partial charge in [0.15, 0.2) is 0 Å². The van der Waals surface area contributed by atoms with E-state index in [1.807, 2.05) is 48.2 Å². The van der Waals surface area contributed by atoms with E-state index in [1.54, 1.807) is 6.07 Å². The largest absolute Gasteiger partial charge is 0.494 e. The molecule has 0 spiro atoms. The van der Waals surface area contributed by atoms with Crippen molar-refractivity contribution in [2.75, 3.05) is 24.6 Å². The summed E-state index contributed by atoms with van der Waals surface area (Å²) in [4.78, 5) is 30.3. The third-order valence-electron chi connectivity index (χ3n) is 6.14. The molecule has 1 unspecified atom stereocenters. The lowest BCUT2D eigenvalue weighted by Gasteiger charge is -2.44. The van der Waals surface area contributed by atoms with Crippen molar-refractivity contribution in [3.63, 3.8) is 0 Å². The summed E-state index contributed by atoms with van der Waals surface area (Å²) in [7, 11) is 0. The van der Waals surface area contributed by atoms with Crippen LogP contribution in [0.2, 0.25) is 0 Å². The van der Waals surface area contributed by atoms with Crippen molar-refractivity contribution in [3.05, 3.63) is 59.2 Å². The molecule has 164 valence electrons. The first kappa shape index (κ1) is 21.2. The molecular formula is C25H31N3O3. The first-order chi connectivity index (χ1) is 15.1. The van der Waals surface area contributed by atoms with Crippen molar-refractivity contribution >= 4 is 17.5 Å². The fourth-order valence-electron chi connectivity index (χ4n) is 4.64. The third kappa shape index (κ3) is 4.38. The lowest BCUT2D eigenvalue weighted by atomic mass is 10.0.